The molecule has 0 N–H and O–H groups in total. The van der Waals surface area contributed by atoms with Gasteiger partial charge in [0.1, 0.15) is 0 Å². The fourth-order valence-electron chi connectivity index (χ4n) is 2.16. The molecule has 0 aliphatic rings. The van der Waals surface area contributed by atoms with E-state index in [4.69, 9.17) is 0 Å². The second-order valence-corrected chi connectivity index (χ2v) is 5.54. The molecule has 0 saturated carbocycles. The van der Waals surface area contributed by atoms with Crippen molar-refractivity contribution in [3.63, 3.8) is 0 Å². The molecular weight excluding hydrogens is 260 g/mol. The maximum absolute atomic E-state index is 10.9. The summed E-state index contributed by atoms with van der Waals surface area (Å²) in [6, 6.07) is 0. The first kappa shape index (κ1) is 19.9. The Labute approximate surface area is 131 Å². The summed E-state index contributed by atoms with van der Waals surface area (Å²) in [6.45, 7) is 2.25. The zero-order valence-electron chi connectivity index (χ0n) is 14.1. The lowest BCUT2D eigenvalue weighted by Crippen LogP contribution is -1.97. The van der Waals surface area contributed by atoms with Crippen molar-refractivity contribution in [3.8, 4) is 0 Å². The minimum Gasteiger partial charge on any atom is -0.469 e. The van der Waals surface area contributed by atoms with E-state index in [0.29, 0.717) is 6.42 Å². The molecule has 0 atom stereocenters. The molecule has 2 nitrogen and oxygen atoms in total. The van der Waals surface area contributed by atoms with Gasteiger partial charge in [-0.25, -0.2) is 0 Å². The summed E-state index contributed by atoms with van der Waals surface area (Å²) in [5.41, 5.74) is 0. The molecule has 21 heavy (non-hydrogen) atoms. The van der Waals surface area contributed by atoms with Crippen LogP contribution in [0.2, 0.25) is 0 Å². The van der Waals surface area contributed by atoms with Gasteiger partial charge < -0.3 is 4.74 Å². The van der Waals surface area contributed by atoms with Gasteiger partial charge in [-0.05, 0) is 44.9 Å². The van der Waals surface area contributed by atoms with Crippen LogP contribution < -0.4 is 0 Å². The summed E-state index contributed by atoms with van der Waals surface area (Å²) in [6.07, 6.45) is 23.1. The van der Waals surface area contributed by atoms with Crippen LogP contribution in [0.15, 0.2) is 24.3 Å². The van der Waals surface area contributed by atoms with Gasteiger partial charge in [-0.15, -0.1) is 0 Å². The Hall–Kier alpha value is -1.05. The number of carbonyl (C=O) groups is 1. The Bertz CT molecular complexity index is 279. The highest BCUT2D eigenvalue weighted by atomic mass is 16.5. The number of hydrogen-bond donors (Lipinski definition) is 0. The summed E-state index contributed by atoms with van der Waals surface area (Å²) < 4.78 is 4.59. The normalized spacial score (nSPS) is 11.5. The van der Waals surface area contributed by atoms with Crippen LogP contribution in [0.25, 0.3) is 0 Å². The fourth-order valence-corrected chi connectivity index (χ4v) is 2.16. The number of methoxy groups -OCH3 is 1. The van der Waals surface area contributed by atoms with Crippen LogP contribution in [0.4, 0.5) is 0 Å². The zero-order valence-corrected chi connectivity index (χ0v) is 14.1. The number of allylic oxidation sites excluding steroid dienone is 4. The molecule has 0 aliphatic carbocycles. The van der Waals surface area contributed by atoms with Gasteiger partial charge in [0.05, 0.1) is 7.11 Å². The molecular formula is C19H34O2. The molecule has 0 rings (SSSR count). The quantitative estimate of drug-likeness (QED) is 0.224. The van der Waals surface area contributed by atoms with E-state index < -0.39 is 0 Å². The average molecular weight is 294 g/mol. The number of carbonyl (C=O) groups excluding carboxylic acids is 1. The van der Waals surface area contributed by atoms with E-state index in [1.165, 1.54) is 64.9 Å². The molecule has 0 unspecified atom stereocenters. The lowest BCUT2D eigenvalue weighted by molar-refractivity contribution is -0.140. The first-order valence-corrected chi connectivity index (χ1v) is 8.68. The lowest BCUT2D eigenvalue weighted by Gasteiger charge is -1.97. The van der Waals surface area contributed by atoms with E-state index >= 15 is 0 Å². The van der Waals surface area contributed by atoms with Crippen molar-refractivity contribution in [1.29, 1.82) is 0 Å². The summed E-state index contributed by atoms with van der Waals surface area (Å²) in [4.78, 5) is 10.9. The fraction of sp³-hybridized carbons (Fsp3) is 0.737. The van der Waals surface area contributed by atoms with Crippen LogP contribution in [-0.2, 0) is 9.53 Å². The number of unbranched alkanes of at least 4 members (excludes halogenated alkanes) is 8. The molecule has 0 saturated heterocycles. The highest BCUT2D eigenvalue weighted by Gasteiger charge is 1.95. The summed E-state index contributed by atoms with van der Waals surface area (Å²) >= 11 is 0. The van der Waals surface area contributed by atoms with E-state index in [9.17, 15) is 4.79 Å². The highest BCUT2D eigenvalue weighted by Crippen LogP contribution is 2.07. The second-order valence-electron chi connectivity index (χ2n) is 5.54. The predicted molar refractivity (Wildman–Crippen MR) is 91.4 cm³/mol. The standard InChI is InChI=1S/C19H34O2/c1-3-4-5-6-7-8-9-10-11-12-13-14-15-16-17-18-19(20)21-2/h8-9,15-16H,3-7,10-14,17-18H2,1-2H3/b9-8+,16-15+. The highest BCUT2D eigenvalue weighted by molar-refractivity contribution is 5.69. The van der Waals surface area contributed by atoms with Gasteiger partial charge in [0, 0.05) is 6.42 Å². The van der Waals surface area contributed by atoms with Gasteiger partial charge in [-0.2, -0.15) is 0 Å². The minimum atomic E-state index is -0.124. The third-order valence-corrected chi connectivity index (χ3v) is 3.54. The van der Waals surface area contributed by atoms with Crippen LogP contribution in [0.1, 0.15) is 84.0 Å². The Morgan fingerprint density at radius 1 is 0.762 bits per heavy atom. The molecule has 0 heterocycles. The molecule has 0 aromatic heterocycles. The second kappa shape index (κ2) is 17.0. The molecule has 0 fully saturated rings. The largest absolute Gasteiger partial charge is 0.469 e. The van der Waals surface area contributed by atoms with Crippen molar-refractivity contribution in [2.24, 2.45) is 0 Å². The molecule has 0 aromatic rings. The first-order chi connectivity index (χ1) is 10.3. The molecule has 0 radical (unpaired) electrons. The van der Waals surface area contributed by atoms with Gasteiger partial charge >= 0.3 is 5.97 Å². The van der Waals surface area contributed by atoms with Crippen molar-refractivity contribution in [1.82, 2.24) is 0 Å². The molecule has 0 spiro atoms. The van der Waals surface area contributed by atoms with Crippen molar-refractivity contribution in [2.75, 3.05) is 7.11 Å². The van der Waals surface area contributed by atoms with E-state index in [1.807, 2.05) is 0 Å². The number of ether oxygens (including phenoxy) is 1. The molecule has 0 aromatic carbocycles. The van der Waals surface area contributed by atoms with E-state index in [1.54, 1.807) is 0 Å². The van der Waals surface area contributed by atoms with Crippen LogP contribution in [0.3, 0.4) is 0 Å². The smallest absolute Gasteiger partial charge is 0.305 e. The molecule has 0 aliphatic heterocycles. The molecule has 122 valence electrons. The van der Waals surface area contributed by atoms with Crippen LogP contribution >= 0.6 is 0 Å². The lowest BCUT2D eigenvalue weighted by atomic mass is 10.1. The van der Waals surface area contributed by atoms with Gasteiger partial charge in [0.2, 0.25) is 0 Å². The average Bonchev–Trinajstić information content (AvgIpc) is 2.50. The van der Waals surface area contributed by atoms with Gasteiger partial charge in [-0.3, -0.25) is 4.79 Å². The summed E-state index contributed by atoms with van der Waals surface area (Å²) in [5.74, 6) is -0.124. The van der Waals surface area contributed by atoms with Crippen molar-refractivity contribution in [2.45, 2.75) is 84.0 Å². The van der Waals surface area contributed by atoms with Gasteiger partial charge in [0.15, 0.2) is 0 Å². The van der Waals surface area contributed by atoms with E-state index in [0.717, 1.165) is 12.8 Å². The van der Waals surface area contributed by atoms with E-state index in [-0.39, 0.29) is 5.97 Å². The van der Waals surface area contributed by atoms with Crippen molar-refractivity contribution >= 4 is 5.97 Å². The van der Waals surface area contributed by atoms with E-state index in [2.05, 4.69) is 36.0 Å². The first-order valence-electron chi connectivity index (χ1n) is 8.68. The topological polar surface area (TPSA) is 26.3 Å². The summed E-state index contributed by atoms with van der Waals surface area (Å²) in [7, 11) is 1.44. The summed E-state index contributed by atoms with van der Waals surface area (Å²) in [5, 5.41) is 0. The number of esters is 1. The minimum absolute atomic E-state index is 0.124. The molecule has 0 bridgehead atoms. The predicted octanol–water partition coefficient (Wildman–Crippen LogP) is 5.97. The van der Waals surface area contributed by atoms with Gasteiger partial charge in [-0.1, -0.05) is 56.9 Å². The molecule has 2 heteroatoms. The monoisotopic (exact) mass is 294 g/mol. The Kier molecular flexibility index (Phi) is 16.2. The third-order valence-electron chi connectivity index (χ3n) is 3.54. The van der Waals surface area contributed by atoms with Crippen LogP contribution in [-0.4, -0.2) is 13.1 Å². The molecule has 0 amide bonds. The Balaban J connectivity index is 3.19. The van der Waals surface area contributed by atoms with Crippen molar-refractivity contribution in [3.05, 3.63) is 24.3 Å². The van der Waals surface area contributed by atoms with Crippen molar-refractivity contribution < 1.29 is 9.53 Å². The van der Waals surface area contributed by atoms with Crippen LogP contribution in [0.5, 0.6) is 0 Å². The number of rotatable bonds is 14. The third kappa shape index (κ3) is 16.9. The number of hydrogen-bond acceptors (Lipinski definition) is 2. The van der Waals surface area contributed by atoms with Gasteiger partial charge in [0.25, 0.3) is 0 Å². The Morgan fingerprint density at radius 3 is 1.71 bits per heavy atom. The maximum Gasteiger partial charge on any atom is 0.305 e. The van der Waals surface area contributed by atoms with Crippen LogP contribution in [0, 0.1) is 0 Å². The zero-order chi connectivity index (χ0) is 15.6. The SMILES string of the molecule is CCCCCC/C=C/CCCCC/C=C/CCC(=O)OC. The Morgan fingerprint density at radius 2 is 1.24 bits per heavy atom. The maximum atomic E-state index is 10.9.